The predicted molar refractivity (Wildman–Crippen MR) is 125 cm³/mol. The molecule has 0 amide bonds. The first-order valence-electron chi connectivity index (χ1n) is 9.23. The van der Waals surface area contributed by atoms with Gasteiger partial charge in [-0.05, 0) is 37.1 Å². The summed E-state index contributed by atoms with van der Waals surface area (Å²) >= 11 is 16.0. The zero-order chi connectivity index (χ0) is 20.4. The van der Waals surface area contributed by atoms with Crippen LogP contribution in [0.2, 0.25) is 10.0 Å². The van der Waals surface area contributed by atoms with Gasteiger partial charge < -0.3 is 4.57 Å². The summed E-state index contributed by atoms with van der Waals surface area (Å²) in [5.41, 5.74) is 4.47. The lowest BCUT2D eigenvalue weighted by molar-refractivity contribution is 0.687. The summed E-state index contributed by atoms with van der Waals surface area (Å²) in [4.78, 5) is 1.27. The zero-order valence-electron chi connectivity index (χ0n) is 16.0. The second-order valence-corrected chi connectivity index (χ2v) is 9.33. The number of aromatic nitrogens is 3. The van der Waals surface area contributed by atoms with Crippen molar-refractivity contribution in [2.45, 2.75) is 31.3 Å². The van der Waals surface area contributed by atoms with Crippen LogP contribution in [0.1, 0.15) is 17.4 Å². The summed E-state index contributed by atoms with van der Waals surface area (Å²) in [6.07, 6.45) is 0. The van der Waals surface area contributed by atoms with E-state index in [4.69, 9.17) is 23.2 Å². The molecule has 0 aliphatic carbocycles. The van der Waals surface area contributed by atoms with Crippen LogP contribution >= 0.6 is 46.3 Å². The number of halogens is 2. The lowest BCUT2D eigenvalue weighted by Gasteiger charge is -2.10. The summed E-state index contributed by atoms with van der Waals surface area (Å²) in [6, 6.07) is 16.0. The molecule has 0 saturated heterocycles. The lowest BCUT2D eigenvalue weighted by atomic mass is 10.0. The molecule has 0 aliphatic rings. The van der Waals surface area contributed by atoms with Crippen molar-refractivity contribution in [3.8, 4) is 22.5 Å². The number of hydrogen-bond donors (Lipinski definition) is 0. The first-order chi connectivity index (χ1) is 14.1. The molecule has 0 radical (unpaired) electrons. The Morgan fingerprint density at radius 1 is 1.00 bits per heavy atom. The summed E-state index contributed by atoms with van der Waals surface area (Å²) in [6.45, 7) is 5.04. The number of rotatable bonds is 6. The van der Waals surface area contributed by atoms with Crippen LogP contribution in [0.25, 0.3) is 22.5 Å². The molecule has 0 saturated carbocycles. The Morgan fingerprint density at radius 3 is 2.41 bits per heavy atom. The Morgan fingerprint density at radius 2 is 1.72 bits per heavy atom. The predicted octanol–water partition coefficient (Wildman–Crippen LogP) is 7.60. The molecule has 4 rings (SSSR count). The third kappa shape index (κ3) is 4.10. The highest BCUT2D eigenvalue weighted by Gasteiger charge is 2.20. The van der Waals surface area contributed by atoms with Crippen molar-refractivity contribution < 1.29 is 0 Å². The van der Waals surface area contributed by atoms with Crippen molar-refractivity contribution in [1.82, 2.24) is 14.8 Å². The van der Waals surface area contributed by atoms with Gasteiger partial charge in [0.15, 0.2) is 11.0 Å². The second-order valence-electron chi connectivity index (χ2n) is 6.49. The van der Waals surface area contributed by atoms with E-state index in [2.05, 4.69) is 58.3 Å². The van der Waals surface area contributed by atoms with E-state index >= 15 is 0 Å². The largest absolute Gasteiger partial charge is 0.302 e. The molecule has 0 atom stereocenters. The maximum Gasteiger partial charge on any atom is 0.191 e. The van der Waals surface area contributed by atoms with E-state index in [-0.39, 0.29) is 0 Å². The Balaban J connectivity index is 1.69. The van der Waals surface area contributed by atoms with Gasteiger partial charge in [-0.15, -0.1) is 21.5 Å². The standard InChI is InChI=1S/C22H19Cl2N3S2/c1-3-27-21(17-13-28-14(2)20(17)15-8-5-4-6-9-15)25-26-22(27)29-12-16-18(23)10-7-11-19(16)24/h4-11,13H,3,12H2,1-2H3. The molecule has 148 valence electrons. The summed E-state index contributed by atoms with van der Waals surface area (Å²) in [5.74, 6) is 1.54. The van der Waals surface area contributed by atoms with Crippen molar-refractivity contribution in [2.24, 2.45) is 0 Å². The van der Waals surface area contributed by atoms with E-state index in [9.17, 15) is 0 Å². The third-order valence-corrected chi connectivity index (χ3v) is 7.33. The molecular weight excluding hydrogens is 441 g/mol. The van der Waals surface area contributed by atoms with Crippen molar-refractivity contribution in [2.75, 3.05) is 0 Å². The van der Waals surface area contributed by atoms with Crippen LogP contribution < -0.4 is 0 Å². The fourth-order valence-electron chi connectivity index (χ4n) is 3.27. The van der Waals surface area contributed by atoms with Gasteiger partial charge in [0.25, 0.3) is 0 Å². The summed E-state index contributed by atoms with van der Waals surface area (Å²) in [7, 11) is 0. The van der Waals surface area contributed by atoms with Gasteiger partial charge >= 0.3 is 0 Å². The maximum absolute atomic E-state index is 6.32. The van der Waals surface area contributed by atoms with E-state index in [1.807, 2.05) is 24.3 Å². The minimum Gasteiger partial charge on any atom is -0.302 e. The molecule has 0 unspecified atom stereocenters. The quantitative estimate of drug-likeness (QED) is 0.278. The van der Waals surface area contributed by atoms with E-state index in [0.29, 0.717) is 15.8 Å². The van der Waals surface area contributed by atoms with E-state index in [1.54, 1.807) is 23.1 Å². The van der Waals surface area contributed by atoms with Crippen LogP contribution in [0.15, 0.2) is 59.1 Å². The molecule has 2 aromatic heterocycles. The van der Waals surface area contributed by atoms with Crippen LogP contribution in [0.3, 0.4) is 0 Å². The highest BCUT2D eigenvalue weighted by Crippen LogP contribution is 2.39. The number of aryl methyl sites for hydroxylation is 1. The van der Waals surface area contributed by atoms with Gasteiger partial charge in [-0.1, -0.05) is 71.4 Å². The van der Waals surface area contributed by atoms with Crippen LogP contribution in [0, 0.1) is 6.92 Å². The normalized spacial score (nSPS) is 11.2. The average Bonchev–Trinajstić information content (AvgIpc) is 3.31. The number of benzene rings is 2. The molecule has 2 aromatic carbocycles. The Bertz CT molecular complexity index is 1120. The van der Waals surface area contributed by atoms with E-state index in [1.165, 1.54) is 16.0 Å². The SMILES string of the molecule is CCn1c(SCc2c(Cl)cccc2Cl)nnc1-c1csc(C)c1-c1ccccc1. The second kappa shape index (κ2) is 8.92. The van der Waals surface area contributed by atoms with Crippen molar-refractivity contribution in [1.29, 1.82) is 0 Å². The molecule has 3 nitrogen and oxygen atoms in total. The molecule has 2 heterocycles. The van der Waals surface area contributed by atoms with Gasteiger partial charge in [0.2, 0.25) is 0 Å². The smallest absolute Gasteiger partial charge is 0.191 e. The monoisotopic (exact) mass is 459 g/mol. The first-order valence-corrected chi connectivity index (χ1v) is 11.8. The van der Waals surface area contributed by atoms with Crippen LogP contribution in [-0.4, -0.2) is 14.8 Å². The minimum absolute atomic E-state index is 0.644. The molecule has 0 fully saturated rings. The van der Waals surface area contributed by atoms with Gasteiger partial charge in [-0.25, -0.2) is 0 Å². The molecule has 4 aromatic rings. The Labute approximate surface area is 188 Å². The van der Waals surface area contributed by atoms with Gasteiger partial charge in [0, 0.05) is 43.7 Å². The molecule has 0 aliphatic heterocycles. The maximum atomic E-state index is 6.32. The molecule has 0 N–H and O–H groups in total. The topological polar surface area (TPSA) is 30.7 Å². The molecule has 7 heteroatoms. The summed E-state index contributed by atoms with van der Waals surface area (Å²) < 4.78 is 2.16. The zero-order valence-corrected chi connectivity index (χ0v) is 19.2. The number of thioether (sulfide) groups is 1. The third-order valence-electron chi connectivity index (χ3n) is 4.72. The Kier molecular flexibility index (Phi) is 6.30. The first kappa shape index (κ1) is 20.5. The average molecular weight is 460 g/mol. The summed E-state index contributed by atoms with van der Waals surface area (Å²) in [5, 5.41) is 13.4. The van der Waals surface area contributed by atoms with Crippen LogP contribution in [0.5, 0.6) is 0 Å². The number of nitrogens with zero attached hydrogens (tertiary/aromatic N) is 3. The highest BCUT2D eigenvalue weighted by atomic mass is 35.5. The molecular formula is C22H19Cl2N3S2. The molecule has 0 spiro atoms. The molecule has 29 heavy (non-hydrogen) atoms. The minimum atomic E-state index is 0.644. The highest BCUT2D eigenvalue weighted by molar-refractivity contribution is 7.98. The van der Waals surface area contributed by atoms with Gasteiger partial charge in [-0.3, -0.25) is 0 Å². The van der Waals surface area contributed by atoms with Crippen molar-refractivity contribution in [3.05, 3.63) is 74.4 Å². The van der Waals surface area contributed by atoms with E-state index < -0.39 is 0 Å². The van der Waals surface area contributed by atoms with Gasteiger partial charge in [0.1, 0.15) is 0 Å². The molecule has 0 bridgehead atoms. The van der Waals surface area contributed by atoms with Gasteiger partial charge in [0.05, 0.1) is 0 Å². The van der Waals surface area contributed by atoms with E-state index in [0.717, 1.165) is 28.7 Å². The fourth-order valence-corrected chi connectivity index (χ4v) is 5.88. The van der Waals surface area contributed by atoms with Crippen molar-refractivity contribution >= 4 is 46.3 Å². The van der Waals surface area contributed by atoms with Crippen LogP contribution in [-0.2, 0) is 12.3 Å². The van der Waals surface area contributed by atoms with Crippen LogP contribution in [0.4, 0.5) is 0 Å². The fraction of sp³-hybridized carbons (Fsp3) is 0.182. The van der Waals surface area contributed by atoms with Gasteiger partial charge in [-0.2, -0.15) is 0 Å². The Hall–Kier alpha value is -1.79. The number of thiophene rings is 1. The lowest BCUT2D eigenvalue weighted by Crippen LogP contribution is -2.00. The number of hydrogen-bond acceptors (Lipinski definition) is 4. The van der Waals surface area contributed by atoms with Crippen molar-refractivity contribution in [3.63, 3.8) is 0 Å².